The topological polar surface area (TPSA) is 67.2 Å². The molecule has 5 heteroatoms. The summed E-state index contributed by atoms with van der Waals surface area (Å²) in [5.74, 6) is 0.557. The first-order valence-corrected chi connectivity index (χ1v) is 6.71. The van der Waals surface area contributed by atoms with Gasteiger partial charge in [0.15, 0.2) is 0 Å². The number of rotatable bonds is 6. The molecule has 0 saturated carbocycles. The van der Waals surface area contributed by atoms with E-state index in [1.165, 1.54) is 0 Å². The number of nitrogens with zero attached hydrogens (tertiary/aromatic N) is 1. The number of amides is 1. The normalized spacial score (nSPS) is 11.9. The standard InChI is InChI=1S/C15H19N3O2/c1-3-11(2)18-13-7-12(8-16-9-13)15(19)17-10-14-5-4-6-20-14/h4-9,11,18H,3,10H2,1-2H3,(H,17,19). The highest BCUT2D eigenvalue weighted by Crippen LogP contribution is 2.11. The molecule has 2 aromatic rings. The summed E-state index contributed by atoms with van der Waals surface area (Å²) >= 11 is 0. The Morgan fingerprint density at radius 2 is 2.30 bits per heavy atom. The molecule has 1 unspecified atom stereocenters. The summed E-state index contributed by atoms with van der Waals surface area (Å²) in [6.45, 7) is 4.56. The molecule has 5 nitrogen and oxygen atoms in total. The Morgan fingerprint density at radius 3 is 3.00 bits per heavy atom. The largest absolute Gasteiger partial charge is 0.467 e. The minimum absolute atomic E-state index is 0.165. The van der Waals surface area contributed by atoms with Crippen LogP contribution in [0.15, 0.2) is 41.3 Å². The van der Waals surface area contributed by atoms with Crippen molar-refractivity contribution in [1.29, 1.82) is 0 Å². The zero-order valence-corrected chi connectivity index (χ0v) is 11.7. The quantitative estimate of drug-likeness (QED) is 0.849. The number of hydrogen-bond acceptors (Lipinski definition) is 4. The monoisotopic (exact) mass is 273 g/mol. The van der Waals surface area contributed by atoms with Gasteiger partial charge in [0.05, 0.1) is 24.1 Å². The summed E-state index contributed by atoms with van der Waals surface area (Å²) in [4.78, 5) is 16.1. The van der Waals surface area contributed by atoms with E-state index in [9.17, 15) is 4.79 Å². The molecule has 2 aromatic heterocycles. The highest BCUT2D eigenvalue weighted by molar-refractivity contribution is 5.94. The molecular formula is C15H19N3O2. The third-order valence-corrected chi connectivity index (χ3v) is 3.03. The van der Waals surface area contributed by atoms with E-state index < -0.39 is 0 Å². The minimum Gasteiger partial charge on any atom is -0.467 e. The molecule has 0 bridgehead atoms. The smallest absolute Gasteiger partial charge is 0.253 e. The number of nitrogens with one attached hydrogen (secondary N) is 2. The maximum atomic E-state index is 12.0. The van der Waals surface area contributed by atoms with Crippen LogP contribution in [0.25, 0.3) is 0 Å². The Kier molecular flexibility index (Phi) is 4.76. The maximum absolute atomic E-state index is 12.0. The van der Waals surface area contributed by atoms with Crippen molar-refractivity contribution in [2.24, 2.45) is 0 Å². The summed E-state index contributed by atoms with van der Waals surface area (Å²) in [6, 6.07) is 5.76. The van der Waals surface area contributed by atoms with E-state index in [2.05, 4.69) is 29.5 Å². The van der Waals surface area contributed by atoms with Crippen molar-refractivity contribution < 1.29 is 9.21 Å². The molecule has 1 atom stereocenters. The molecule has 2 rings (SSSR count). The van der Waals surface area contributed by atoms with Crippen LogP contribution in [-0.2, 0) is 6.54 Å². The SMILES string of the molecule is CCC(C)Nc1cncc(C(=O)NCc2ccco2)c1. The Morgan fingerprint density at radius 1 is 1.45 bits per heavy atom. The van der Waals surface area contributed by atoms with E-state index in [0.717, 1.165) is 17.9 Å². The van der Waals surface area contributed by atoms with E-state index in [-0.39, 0.29) is 5.91 Å². The summed E-state index contributed by atoms with van der Waals surface area (Å²) in [6.07, 6.45) is 5.86. The van der Waals surface area contributed by atoms with Crippen LogP contribution in [0, 0.1) is 0 Å². The van der Waals surface area contributed by atoms with Crippen molar-refractivity contribution in [3.8, 4) is 0 Å². The second kappa shape index (κ2) is 6.75. The fraction of sp³-hybridized carbons (Fsp3) is 0.333. The van der Waals surface area contributed by atoms with Crippen LogP contribution >= 0.6 is 0 Å². The van der Waals surface area contributed by atoms with Gasteiger partial charge < -0.3 is 15.1 Å². The molecule has 20 heavy (non-hydrogen) atoms. The lowest BCUT2D eigenvalue weighted by atomic mass is 10.2. The highest BCUT2D eigenvalue weighted by Gasteiger charge is 2.08. The number of furan rings is 1. The summed E-state index contributed by atoms with van der Waals surface area (Å²) in [5.41, 5.74) is 1.38. The second-order valence-electron chi connectivity index (χ2n) is 4.68. The zero-order valence-electron chi connectivity index (χ0n) is 11.7. The van der Waals surface area contributed by atoms with Crippen molar-refractivity contribution in [3.63, 3.8) is 0 Å². The van der Waals surface area contributed by atoms with Crippen LogP contribution in [0.4, 0.5) is 5.69 Å². The van der Waals surface area contributed by atoms with Crippen LogP contribution in [0.2, 0.25) is 0 Å². The molecule has 0 spiro atoms. The average Bonchev–Trinajstić information content (AvgIpc) is 2.98. The molecule has 0 aliphatic carbocycles. The minimum atomic E-state index is -0.165. The van der Waals surface area contributed by atoms with Crippen LogP contribution < -0.4 is 10.6 Å². The second-order valence-corrected chi connectivity index (χ2v) is 4.68. The van der Waals surface area contributed by atoms with Crippen LogP contribution in [0.5, 0.6) is 0 Å². The number of carbonyl (C=O) groups is 1. The maximum Gasteiger partial charge on any atom is 0.253 e. The van der Waals surface area contributed by atoms with Crippen molar-refractivity contribution in [1.82, 2.24) is 10.3 Å². The summed E-state index contributed by atoms with van der Waals surface area (Å²) in [5, 5.41) is 6.09. The lowest BCUT2D eigenvalue weighted by Crippen LogP contribution is -2.23. The van der Waals surface area contributed by atoms with Gasteiger partial charge >= 0.3 is 0 Å². The molecule has 106 valence electrons. The van der Waals surface area contributed by atoms with Crippen molar-refractivity contribution in [2.45, 2.75) is 32.9 Å². The Labute approximate surface area is 118 Å². The van der Waals surface area contributed by atoms with Gasteiger partial charge in [0.2, 0.25) is 0 Å². The Bertz CT molecular complexity index is 552. The first kappa shape index (κ1) is 14.1. The summed E-state index contributed by atoms with van der Waals surface area (Å²) in [7, 11) is 0. The van der Waals surface area contributed by atoms with Gasteiger partial charge in [-0.3, -0.25) is 9.78 Å². The lowest BCUT2D eigenvalue weighted by Gasteiger charge is -2.13. The molecule has 0 aliphatic heterocycles. The average molecular weight is 273 g/mol. The first-order chi connectivity index (χ1) is 9.69. The van der Waals surface area contributed by atoms with E-state index >= 15 is 0 Å². The number of aromatic nitrogens is 1. The van der Waals surface area contributed by atoms with E-state index in [1.807, 2.05) is 6.07 Å². The van der Waals surface area contributed by atoms with E-state index in [1.54, 1.807) is 30.8 Å². The number of carbonyl (C=O) groups excluding carboxylic acids is 1. The first-order valence-electron chi connectivity index (χ1n) is 6.71. The van der Waals surface area contributed by atoms with Gasteiger partial charge in [-0.15, -0.1) is 0 Å². The van der Waals surface area contributed by atoms with Gasteiger partial charge in [-0.05, 0) is 31.5 Å². The van der Waals surface area contributed by atoms with Crippen LogP contribution in [-0.4, -0.2) is 16.9 Å². The van der Waals surface area contributed by atoms with Gasteiger partial charge in [0.1, 0.15) is 5.76 Å². The molecule has 0 aliphatic rings. The van der Waals surface area contributed by atoms with Gasteiger partial charge in [-0.1, -0.05) is 6.92 Å². The van der Waals surface area contributed by atoms with Gasteiger partial charge in [0.25, 0.3) is 5.91 Å². The van der Waals surface area contributed by atoms with Gasteiger partial charge in [-0.25, -0.2) is 0 Å². The number of hydrogen-bond donors (Lipinski definition) is 2. The fourth-order valence-corrected chi connectivity index (χ4v) is 1.71. The van der Waals surface area contributed by atoms with Crippen molar-refractivity contribution in [2.75, 3.05) is 5.32 Å². The van der Waals surface area contributed by atoms with E-state index in [4.69, 9.17) is 4.42 Å². The molecular weight excluding hydrogens is 254 g/mol. The third kappa shape index (κ3) is 3.85. The molecule has 1 amide bonds. The molecule has 0 radical (unpaired) electrons. The van der Waals surface area contributed by atoms with Crippen molar-refractivity contribution in [3.05, 3.63) is 48.2 Å². The van der Waals surface area contributed by atoms with E-state index in [0.29, 0.717) is 18.2 Å². The molecule has 0 fully saturated rings. The number of anilines is 1. The Hall–Kier alpha value is -2.30. The van der Waals surface area contributed by atoms with Crippen LogP contribution in [0.3, 0.4) is 0 Å². The van der Waals surface area contributed by atoms with Crippen molar-refractivity contribution >= 4 is 11.6 Å². The Balaban J connectivity index is 1.97. The highest BCUT2D eigenvalue weighted by atomic mass is 16.3. The molecule has 2 heterocycles. The van der Waals surface area contributed by atoms with Gasteiger partial charge in [0, 0.05) is 18.4 Å². The predicted molar refractivity (Wildman–Crippen MR) is 77.5 cm³/mol. The predicted octanol–water partition coefficient (Wildman–Crippen LogP) is 2.82. The molecule has 2 N–H and O–H groups in total. The fourth-order valence-electron chi connectivity index (χ4n) is 1.71. The van der Waals surface area contributed by atoms with Gasteiger partial charge in [-0.2, -0.15) is 0 Å². The molecule has 0 saturated heterocycles. The molecule has 0 aromatic carbocycles. The van der Waals surface area contributed by atoms with Crippen LogP contribution in [0.1, 0.15) is 36.4 Å². The lowest BCUT2D eigenvalue weighted by molar-refractivity contribution is 0.0947. The third-order valence-electron chi connectivity index (χ3n) is 3.03. The zero-order chi connectivity index (χ0) is 14.4. The number of pyridine rings is 1. The summed E-state index contributed by atoms with van der Waals surface area (Å²) < 4.78 is 5.17.